The van der Waals surface area contributed by atoms with Gasteiger partial charge in [0.25, 0.3) is 5.69 Å². The summed E-state index contributed by atoms with van der Waals surface area (Å²) in [7, 11) is 0. The Bertz CT molecular complexity index is 1200. The average molecular weight is 478 g/mol. The van der Waals surface area contributed by atoms with E-state index in [4.69, 9.17) is 4.84 Å². The van der Waals surface area contributed by atoms with Crippen LogP contribution < -0.4 is 5.32 Å². The van der Waals surface area contributed by atoms with Crippen molar-refractivity contribution in [1.29, 1.82) is 0 Å². The van der Waals surface area contributed by atoms with Gasteiger partial charge in [0, 0.05) is 29.7 Å². The molecule has 2 aromatic rings. The quantitative estimate of drug-likeness (QED) is 0.308. The van der Waals surface area contributed by atoms with Crippen molar-refractivity contribution < 1.29 is 19.3 Å². The molecular weight excluding hydrogens is 446 g/mol. The summed E-state index contributed by atoms with van der Waals surface area (Å²) in [5, 5.41) is 18.2. The van der Waals surface area contributed by atoms with E-state index in [1.54, 1.807) is 0 Å². The summed E-state index contributed by atoms with van der Waals surface area (Å²) in [6.07, 6.45) is 1.88. The molecule has 8 nitrogen and oxygen atoms in total. The summed E-state index contributed by atoms with van der Waals surface area (Å²) in [6.45, 7) is 10.5. The number of amides is 1. The topological polar surface area (TPSA) is 111 Å². The van der Waals surface area contributed by atoms with Gasteiger partial charge in [0.15, 0.2) is 0 Å². The van der Waals surface area contributed by atoms with Crippen LogP contribution in [0.25, 0.3) is 0 Å². The fourth-order valence-electron chi connectivity index (χ4n) is 5.59. The highest BCUT2D eigenvalue weighted by molar-refractivity contribution is 6.06. The molecule has 2 atom stereocenters. The summed E-state index contributed by atoms with van der Waals surface area (Å²) in [6, 6.07) is 13.1. The number of nitro benzene ring substituents is 1. The Kier molecular flexibility index (Phi) is 6.03. The van der Waals surface area contributed by atoms with E-state index in [1.807, 2.05) is 24.3 Å². The van der Waals surface area contributed by atoms with Crippen molar-refractivity contribution in [2.45, 2.75) is 59.8 Å². The van der Waals surface area contributed by atoms with Gasteiger partial charge in [0.05, 0.1) is 21.6 Å². The maximum Gasteiger partial charge on any atom is 0.365 e. The maximum absolute atomic E-state index is 13.6. The lowest BCUT2D eigenvalue weighted by atomic mass is 9.64. The van der Waals surface area contributed by atoms with Gasteiger partial charge in [-0.3, -0.25) is 14.9 Å². The zero-order chi connectivity index (χ0) is 25.6. The van der Waals surface area contributed by atoms with Crippen LogP contribution in [0.4, 0.5) is 11.4 Å². The molecule has 0 radical (unpaired) electrons. The standard InChI is InChI=1S/C27H31N3O5/c1-17(2)18-6-10-20(11-7-18)28-24(32)27-15-14-26(5,25(27,3)4)22(16-27)29-35-23(31)19-8-12-21(13-9-19)30(33)34/h6-13,17H,14-16H2,1-5H3,(H,28,32)/b29-22-. The number of benzene rings is 2. The Balaban J connectivity index is 1.53. The highest BCUT2D eigenvalue weighted by atomic mass is 16.7. The Morgan fingerprint density at radius 3 is 2.23 bits per heavy atom. The molecule has 0 saturated heterocycles. The van der Waals surface area contributed by atoms with Crippen molar-refractivity contribution in [3.8, 4) is 0 Å². The zero-order valence-corrected chi connectivity index (χ0v) is 20.8. The molecule has 0 spiro atoms. The van der Waals surface area contributed by atoms with Gasteiger partial charge in [-0.1, -0.05) is 51.9 Å². The lowest BCUT2D eigenvalue weighted by molar-refractivity contribution is -0.384. The molecule has 2 fully saturated rings. The second kappa shape index (κ2) is 8.59. The molecule has 184 valence electrons. The third kappa shape index (κ3) is 3.90. The summed E-state index contributed by atoms with van der Waals surface area (Å²) < 4.78 is 0. The highest BCUT2D eigenvalue weighted by Gasteiger charge is 2.71. The molecule has 1 N–H and O–H groups in total. The van der Waals surface area contributed by atoms with E-state index in [1.165, 1.54) is 29.8 Å². The van der Waals surface area contributed by atoms with E-state index >= 15 is 0 Å². The fraction of sp³-hybridized carbons (Fsp3) is 0.444. The maximum atomic E-state index is 13.6. The molecule has 2 aromatic carbocycles. The Morgan fingerprint density at radius 2 is 1.66 bits per heavy atom. The molecule has 2 aliphatic rings. The summed E-state index contributed by atoms with van der Waals surface area (Å²) in [5.41, 5.74) is 1.24. The molecule has 2 unspecified atom stereocenters. The molecule has 2 saturated carbocycles. The summed E-state index contributed by atoms with van der Waals surface area (Å²) >= 11 is 0. The molecule has 2 aliphatic carbocycles. The van der Waals surface area contributed by atoms with E-state index in [0.717, 1.165) is 18.5 Å². The number of hydrogen-bond acceptors (Lipinski definition) is 6. The predicted octanol–water partition coefficient (Wildman–Crippen LogP) is 6.09. The highest BCUT2D eigenvalue weighted by Crippen LogP contribution is 2.71. The first-order valence-corrected chi connectivity index (χ1v) is 11.9. The molecule has 0 aromatic heterocycles. The summed E-state index contributed by atoms with van der Waals surface area (Å²) in [5.74, 6) is -0.328. The third-order valence-corrected chi connectivity index (χ3v) is 8.56. The van der Waals surface area contributed by atoms with Crippen LogP contribution in [0.5, 0.6) is 0 Å². The van der Waals surface area contributed by atoms with Crippen molar-refractivity contribution in [3.63, 3.8) is 0 Å². The Labute approximate surface area is 204 Å². The Morgan fingerprint density at radius 1 is 1.03 bits per heavy atom. The largest absolute Gasteiger partial charge is 0.365 e. The minimum Gasteiger partial charge on any atom is -0.326 e. The fourth-order valence-corrected chi connectivity index (χ4v) is 5.59. The SMILES string of the molecule is CC(C)c1ccc(NC(=O)C23CCC(C)(/C(=N\OC(=O)c4ccc([N+](=O)[O-])cc4)C2)C3(C)C)cc1. The number of nitrogens with one attached hydrogen (secondary N) is 1. The van der Waals surface area contributed by atoms with Crippen LogP contribution >= 0.6 is 0 Å². The molecule has 0 aliphatic heterocycles. The minimum atomic E-state index is -0.694. The first-order valence-electron chi connectivity index (χ1n) is 11.9. The van der Waals surface area contributed by atoms with Crippen LogP contribution in [-0.4, -0.2) is 22.5 Å². The van der Waals surface area contributed by atoms with E-state index in [2.05, 4.69) is 45.1 Å². The lowest BCUT2D eigenvalue weighted by Crippen LogP contribution is -2.43. The first-order chi connectivity index (χ1) is 16.4. The molecular formula is C27H31N3O5. The van der Waals surface area contributed by atoms with Gasteiger partial charge in [-0.05, 0) is 54.0 Å². The predicted molar refractivity (Wildman–Crippen MR) is 133 cm³/mol. The van der Waals surface area contributed by atoms with Gasteiger partial charge in [0.2, 0.25) is 5.91 Å². The van der Waals surface area contributed by atoms with Crippen LogP contribution in [-0.2, 0) is 9.63 Å². The molecule has 8 heteroatoms. The number of fused-ring (bicyclic) bond motifs is 2. The van der Waals surface area contributed by atoms with E-state index < -0.39 is 27.1 Å². The molecule has 2 bridgehead atoms. The normalized spacial score (nSPS) is 25.6. The number of carbonyl (C=O) groups is 2. The van der Waals surface area contributed by atoms with Gasteiger partial charge in [0.1, 0.15) is 0 Å². The van der Waals surface area contributed by atoms with Crippen LogP contribution in [0.1, 0.15) is 75.7 Å². The molecule has 1 amide bonds. The number of rotatable bonds is 6. The second-order valence-electron chi connectivity index (χ2n) is 10.7. The van der Waals surface area contributed by atoms with E-state index in [0.29, 0.717) is 18.1 Å². The van der Waals surface area contributed by atoms with Crippen LogP contribution in [0.15, 0.2) is 53.7 Å². The van der Waals surface area contributed by atoms with Crippen molar-refractivity contribution in [3.05, 3.63) is 69.8 Å². The van der Waals surface area contributed by atoms with Crippen LogP contribution in [0.3, 0.4) is 0 Å². The van der Waals surface area contributed by atoms with E-state index in [-0.39, 0.29) is 17.2 Å². The minimum absolute atomic E-state index is 0.0459. The number of nitrogens with zero attached hydrogens (tertiary/aromatic N) is 2. The van der Waals surface area contributed by atoms with E-state index in [9.17, 15) is 19.7 Å². The average Bonchev–Trinajstić information content (AvgIpc) is 3.13. The van der Waals surface area contributed by atoms with Gasteiger partial charge in [-0.2, -0.15) is 0 Å². The Hall–Kier alpha value is -3.55. The third-order valence-electron chi connectivity index (χ3n) is 8.56. The number of carbonyl (C=O) groups excluding carboxylic acids is 2. The second-order valence-corrected chi connectivity index (χ2v) is 10.7. The number of oxime groups is 1. The summed E-state index contributed by atoms with van der Waals surface area (Å²) in [4.78, 5) is 41.7. The molecule has 0 heterocycles. The lowest BCUT2D eigenvalue weighted by Gasteiger charge is -2.39. The van der Waals surface area contributed by atoms with Crippen molar-refractivity contribution in [1.82, 2.24) is 0 Å². The van der Waals surface area contributed by atoms with Crippen LogP contribution in [0.2, 0.25) is 0 Å². The number of nitro groups is 1. The zero-order valence-electron chi connectivity index (χ0n) is 20.8. The monoisotopic (exact) mass is 477 g/mol. The molecule has 35 heavy (non-hydrogen) atoms. The number of anilines is 1. The smallest absolute Gasteiger partial charge is 0.326 e. The van der Waals surface area contributed by atoms with Gasteiger partial charge >= 0.3 is 5.97 Å². The van der Waals surface area contributed by atoms with Crippen molar-refractivity contribution in [2.24, 2.45) is 21.4 Å². The first kappa shape index (κ1) is 24.6. The number of non-ortho nitro benzene ring substituents is 1. The van der Waals surface area contributed by atoms with Crippen molar-refractivity contribution >= 4 is 29.0 Å². The van der Waals surface area contributed by atoms with Gasteiger partial charge in [-0.15, -0.1) is 0 Å². The molecule has 4 rings (SSSR count). The number of hydrogen-bond donors (Lipinski definition) is 1. The van der Waals surface area contributed by atoms with Gasteiger partial charge in [-0.25, -0.2) is 4.79 Å². The van der Waals surface area contributed by atoms with Gasteiger partial charge < -0.3 is 10.2 Å². The van der Waals surface area contributed by atoms with Crippen LogP contribution in [0, 0.1) is 26.4 Å². The van der Waals surface area contributed by atoms with Crippen molar-refractivity contribution in [2.75, 3.05) is 5.32 Å².